The van der Waals surface area contributed by atoms with Crippen molar-refractivity contribution in [1.29, 1.82) is 0 Å². The molecule has 0 aliphatic carbocycles. The maximum Gasteiger partial charge on any atom is 0.319 e. The van der Waals surface area contributed by atoms with Crippen molar-refractivity contribution < 1.29 is 14.3 Å². The van der Waals surface area contributed by atoms with Crippen molar-refractivity contribution in [3.63, 3.8) is 0 Å². The van der Waals surface area contributed by atoms with E-state index in [-0.39, 0.29) is 11.9 Å². The quantitative estimate of drug-likeness (QED) is 0.668. The van der Waals surface area contributed by atoms with Gasteiger partial charge in [-0.15, -0.1) is 0 Å². The Balaban J connectivity index is 1.89. The molecular formula is C20H20BrN3O3. The molecule has 0 unspecified atom stereocenters. The fourth-order valence-corrected chi connectivity index (χ4v) is 3.16. The molecule has 1 aliphatic rings. The lowest BCUT2D eigenvalue weighted by Crippen LogP contribution is -2.45. The van der Waals surface area contributed by atoms with Gasteiger partial charge in [0.25, 0.3) is 5.91 Å². The van der Waals surface area contributed by atoms with E-state index in [0.717, 1.165) is 15.8 Å². The number of urea groups is 1. The molecule has 6 nitrogen and oxygen atoms in total. The minimum atomic E-state index is -0.551. The van der Waals surface area contributed by atoms with Gasteiger partial charge in [-0.1, -0.05) is 28.1 Å². The van der Waals surface area contributed by atoms with Crippen molar-refractivity contribution in [1.82, 2.24) is 10.6 Å². The molecule has 1 heterocycles. The minimum absolute atomic E-state index is 0.277. The number of rotatable bonds is 5. The molecule has 3 amide bonds. The van der Waals surface area contributed by atoms with Crippen LogP contribution in [-0.2, 0) is 4.79 Å². The maximum atomic E-state index is 12.9. The molecule has 3 rings (SSSR count). The Labute approximate surface area is 166 Å². The van der Waals surface area contributed by atoms with E-state index in [1.807, 2.05) is 43.3 Å². The molecule has 140 valence electrons. The summed E-state index contributed by atoms with van der Waals surface area (Å²) in [6.07, 6.45) is 0. The highest BCUT2D eigenvalue weighted by molar-refractivity contribution is 9.10. The largest absolute Gasteiger partial charge is 0.494 e. The Morgan fingerprint density at radius 2 is 1.81 bits per heavy atom. The number of amides is 3. The maximum absolute atomic E-state index is 12.9. The Hall–Kier alpha value is -2.80. The van der Waals surface area contributed by atoms with E-state index >= 15 is 0 Å². The van der Waals surface area contributed by atoms with Crippen LogP contribution in [0.3, 0.4) is 0 Å². The molecule has 7 heteroatoms. The third kappa shape index (κ3) is 4.49. The number of benzene rings is 2. The molecule has 3 N–H and O–H groups in total. The van der Waals surface area contributed by atoms with Crippen LogP contribution >= 0.6 is 15.9 Å². The lowest BCUT2D eigenvalue weighted by atomic mass is 9.94. The van der Waals surface area contributed by atoms with Crippen LogP contribution in [-0.4, -0.2) is 18.5 Å². The second kappa shape index (κ2) is 8.26. The number of anilines is 1. The van der Waals surface area contributed by atoms with Crippen LogP contribution in [0.5, 0.6) is 5.75 Å². The number of ether oxygens (including phenoxy) is 1. The normalized spacial score (nSPS) is 16.4. The van der Waals surface area contributed by atoms with Crippen LogP contribution in [0.4, 0.5) is 10.5 Å². The van der Waals surface area contributed by atoms with Gasteiger partial charge in [0.2, 0.25) is 0 Å². The van der Waals surface area contributed by atoms with E-state index in [4.69, 9.17) is 4.74 Å². The van der Waals surface area contributed by atoms with Gasteiger partial charge in [0.15, 0.2) is 0 Å². The van der Waals surface area contributed by atoms with Gasteiger partial charge in [0.1, 0.15) is 5.75 Å². The number of carbonyl (C=O) groups is 2. The molecule has 0 spiro atoms. The smallest absolute Gasteiger partial charge is 0.319 e. The van der Waals surface area contributed by atoms with Crippen molar-refractivity contribution in [3.05, 3.63) is 69.8 Å². The van der Waals surface area contributed by atoms with Crippen LogP contribution in [0, 0.1) is 0 Å². The molecule has 1 atom stereocenters. The molecule has 0 aromatic heterocycles. The number of allylic oxidation sites excluding steroid dienone is 1. The van der Waals surface area contributed by atoms with Crippen molar-refractivity contribution in [2.45, 2.75) is 19.9 Å². The van der Waals surface area contributed by atoms with Gasteiger partial charge in [0, 0.05) is 15.9 Å². The molecule has 0 saturated carbocycles. The van der Waals surface area contributed by atoms with Gasteiger partial charge in [-0.25, -0.2) is 4.79 Å². The number of nitrogens with one attached hydrogen (secondary N) is 3. The third-order valence-electron chi connectivity index (χ3n) is 4.14. The summed E-state index contributed by atoms with van der Waals surface area (Å²) in [5.41, 5.74) is 2.45. The zero-order chi connectivity index (χ0) is 19.4. The Morgan fingerprint density at radius 3 is 2.44 bits per heavy atom. The average Bonchev–Trinajstić information content (AvgIpc) is 2.64. The highest BCUT2D eigenvalue weighted by Crippen LogP contribution is 2.29. The van der Waals surface area contributed by atoms with E-state index in [0.29, 0.717) is 23.6 Å². The standard InChI is InChI=1S/C20H20BrN3O3/c1-3-27-16-10-4-13(5-11-16)18-17(12(2)22-20(26)24-18)19(25)23-15-8-6-14(21)7-9-15/h4-11,18H,3H2,1-2H3,(H,23,25)(H2,22,24,26)/t18-/m1/s1. The second-order valence-electron chi connectivity index (χ2n) is 6.03. The molecule has 0 fully saturated rings. The zero-order valence-corrected chi connectivity index (χ0v) is 16.6. The Bertz CT molecular complexity index is 876. The van der Waals surface area contributed by atoms with E-state index in [9.17, 15) is 9.59 Å². The first-order chi connectivity index (χ1) is 13.0. The van der Waals surface area contributed by atoms with E-state index in [1.54, 1.807) is 19.1 Å². The van der Waals surface area contributed by atoms with Gasteiger partial charge < -0.3 is 20.7 Å². The predicted octanol–water partition coefficient (Wildman–Crippen LogP) is 4.11. The van der Waals surface area contributed by atoms with Gasteiger partial charge in [-0.05, 0) is 55.8 Å². The summed E-state index contributed by atoms with van der Waals surface area (Å²) in [5.74, 6) is 0.462. The third-order valence-corrected chi connectivity index (χ3v) is 4.67. The van der Waals surface area contributed by atoms with E-state index < -0.39 is 6.04 Å². The van der Waals surface area contributed by atoms with Gasteiger partial charge in [-0.2, -0.15) is 0 Å². The highest BCUT2D eigenvalue weighted by Gasteiger charge is 2.31. The summed E-state index contributed by atoms with van der Waals surface area (Å²) < 4.78 is 6.38. The Kier molecular flexibility index (Phi) is 5.81. The lowest BCUT2D eigenvalue weighted by molar-refractivity contribution is -0.113. The van der Waals surface area contributed by atoms with Crippen molar-refractivity contribution in [2.24, 2.45) is 0 Å². The second-order valence-corrected chi connectivity index (χ2v) is 6.95. The molecular weight excluding hydrogens is 410 g/mol. The number of hydrogen-bond acceptors (Lipinski definition) is 3. The number of hydrogen-bond donors (Lipinski definition) is 3. The molecule has 0 radical (unpaired) electrons. The highest BCUT2D eigenvalue weighted by atomic mass is 79.9. The van der Waals surface area contributed by atoms with Crippen LogP contribution in [0.2, 0.25) is 0 Å². The number of carbonyl (C=O) groups excluding carboxylic acids is 2. The fraction of sp³-hybridized carbons (Fsp3) is 0.200. The molecule has 1 aliphatic heterocycles. The van der Waals surface area contributed by atoms with Crippen LogP contribution in [0.25, 0.3) is 0 Å². The monoisotopic (exact) mass is 429 g/mol. The lowest BCUT2D eigenvalue weighted by Gasteiger charge is -2.28. The van der Waals surface area contributed by atoms with E-state index in [1.165, 1.54) is 0 Å². The fourth-order valence-electron chi connectivity index (χ4n) is 2.90. The van der Waals surface area contributed by atoms with Crippen LogP contribution < -0.4 is 20.7 Å². The zero-order valence-electron chi connectivity index (χ0n) is 15.0. The summed E-state index contributed by atoms with van der Waals surface area (Å²) in [4.78, 5) is 24.9. The summed E-state index contributed by atoms with van der Waals surface area (Å²) in [6.45, 7) is 4.21. The van der Waals surface area contributed by atoms with E-state index in [2.05, 4.69) is 31.9 Å². The summed E-state index contributed by atoms with van der Waals surface area (Å²) >= 11 is 3.37. The predicted molar refractivity (Wildman–Crippen MR) is 107 cm³/mol. The van der Waals surface area contributed by atoms with Crippen molar-refractivity contribution in [2.75, 3.05) is 11.9 Å². The summed E-state index contributed by atoms with van der Waals surface area (Å²) in [7, 11) is 0. The molecule has 2 aromatic carbocycles. The molecule has 27 heavy (non-hydrogen) atoms. The van der Waals surface area contributed by atoms with Crippen LogP contribution in [0.1, 0.15) is 25.5 Å². The Morgan fingerprint density at radius 1 is 1.15 bits per heavy atom. The summed E-state index contributed by atoms with van der Waals surface area (Å²) in [5, 5.41) is 8.38. The molecule has 0 saturated heterocycles. The first-order valence-corrected chi connectivity index (χ1v) is 9.35. The van der Waals surface area contributed by atoms with Crippen molar-refractivity contribution in [3.8, 4) is 5.75 Å². The van der Waals surface area contributed by atoms with Gasteiger partial charge in [0.05, 0.1) is 18.2 Å². The first-order valence-electron chi connectivity index (χ1n) is 8.56. The molecule has 0 bridgehead atoms. The SMILES string of the molecule is CCOc1ccc([C@H]2NC(=O)NC(C)=C2C(=O)Nc2ccc(Br)cc2)cc1. The first kappa shape index (κ1) is 19.0. The van der Waals surface area contributed by atoms with Gasteiger partial charge >= 0.3 is 6.03 Å². The summed E-state index contributed by atoms with van der Waals surface area (Å²) in [6, 6.07) is 13.8. The van der Waals surface area contributed by atoms with Crippen LogP contribution in [0.15, 0.2) is 64.3 Å². The van der Waals surface area contributed by atoms with Crippen molar-refractivity contribution >= 4 is 33.6 Å². The average molecular weight is 430 g/mol. The van der Waals surface area contributed by atoms with Gasteiger partial charge in [-0.3, -0.25) is 4.79 Å². The number of halogens is 1. The minimum Gasteiger partial charge on any atom is -0.494 e. The molecule has 2 aromatic rings. The topological polar surface area (TPSA) is 79.5 Å².